The van der Waals surface area contributed by atoms with Gasteiger partial charge in [0.25, 0.3) is 0 Å². The number of anilines is 2. The van der Waals surface area contributed by atoms with Crippen molar-refractivity contribution < 1.29 is 4.74 Å². The minimum atomic E-state index is 0.301. The maximum absolute atomic E-state index is 5.68. The Kier molecular flexibility index (Phi) is 4.34. The number of nitrogens with zero attached hydrogens (tertiary/aromatic N) is 1. The molecule has 0 unspecified atom stereocenters. The Morgan fingerprint density at radius 3 is 2.89 bits per heavy atom. The molecule has 0 aliphatic heterocycles. The summed E-state index contributed by atoms with van der Waals surface area (Å²) in [5, 5.41) is 3.19. The monoisotopic (exact) mass is 337 g/mol. The van der Waals surface area contributed by atoms with Gasteiger partial charge < -0.3 is 15.8 Å². The minimum Gasteiger partial charge on any atom is -0.497 e. The number of nitrogens with two attached hydrogens (primary N) is 1. The number of ether oxygens (including phenoxy) is 1. The molecule has 0 bridgehead atoms. The van der Waals surface area contributed by atoms with Gasteiger partial charge in [-0.3, -0.25) is 0 Å². The van der Waals surface area contributed by atoms with Crippen LogP contribution in [0.4, 0.5) is 11.5 Å². The van der Waals surface area contributed by atoms with Crippen LogP contribution in [0.3, 0.4) is 0 Å². The number of halogens is 1. The van der Waals surface area contributed by atoms with Gasteiger partial charge in [-0.25, -0.2) is 4.98 Å². The van der Waals surface area contributed by atoms with E-state index >= 15 is 0 Å². The molecular formula is C13H12BrN3OS. The van der Waals surface area contributed by atoms with Crippen molar-refractivity contribution in [1.82, 2.24) is 4.98 Å². The van der Waals surface area contributed by atoms with Crippen LogP contribution in [0.15, 0.2) is 41.0 Å². The van der Waals surface area contributed by atoms with Crippen LogP contribution >= 0.6 is 28.1 Å². The van der Waals surface area contributed by atoms with Crippen molar-refractivity contribution in [2.75, 3.05) is 12.4 Å². The van der Waals surface area contributed by atoms with E-state index in [-0.39, 0.29) is 0 Å². The molecule has 2 aromatic rings. The largest absolute Gasteiger partial charge is 0.497 e. The molecule has 0 saturated heterocycles. The van der Waals surface area contributed by atoms with Crippen molar-refractivity contribution in [3.05, 3.63) is 46.6 Å². The highest BCUT2D eigenvalue weighted by Crippen LogP contribution is 2.30. The molecule has 0 atom stereocenters. The number of methoxy groups -OCH3 is 1. The summed E-state index contributed by atoms with van der Waals surface area (Å²) in [6.07, 6.45) is 1.68. The van der Waals surface area contributed by atoms with Crippen LogP contribution in [0.2, 0.25) is 0 Å². The zero-order valence-corrected chi connectivity index (χ0v) is 12.6. The number of hydrogen-bond donors (Lipinski definition) is 2. The third kappa shape index (κ3) is 3.21. The third-order valence-corrected chi connectivity index (χ3v) is 3.41. The van der Waals surface area contributed by atoms with Crippen LogP contribution in [0.1, 0.15) is 5.56 Å². The summed E-state index contributed by atoms with van der Waals surface area (Å²) in [4.78, 5) is 4.55. The van der Waals surface area contributed by atoms with Crippen LogP contribution in [0.5, 0.6) is 5.75 Å². The number of nitrogens with one attached hydrogen (secondary N) is 1. The minimum absolute atomic E-state index is 0.301. The van der Waals surface area contributed by atoms with E-state index in [1.165, 1.54) is 0 Å². The van der Waals surface area contributed by atoms with Gasteiger partial charge in [-0.15, -0.1) is 0 Å². The zero-order chi connectivity index (χ0) is 13.8. The van der Waals surface area contributed by atoms with E-state index in [0.717, 1.165) is 15.9 Å². The van der Waals surface area contributed by atoms with Crippen LogP contribution in [0.25, 0.3) is 0 Å². The van der Waals surface area contributed by atoms with Gasteiger partial charge in [0.05, 0.1) is 18.4 Å². The molecule has 0 aliphatic rings. The average Bonchev–Trinajstić information content (AvgIpc) is 2.41. The highest BCUT2D eigenvalue weighted by atomic mass is 79.9. The van der Waals surface area contributed by atoms with Crippen LogP contribution < -0.4 is 15.8 Å². The van der Waals surface area contributed by atoms with Crippen LogP contribution in [-0.2, 0) is 0 Å². The lowest BCUT2D eigenvalue weighted by Gasteiger charge is -2.12. The Morgan fingerprint density at radius 1 is 1.42 bits per heavy atom. The Bertz CT molecular complexity index is 619. The maximum atomic E-state index is 5.68. The molecule has 0 saturated carbocycles. The quantitative estimate of drug-likeness (QED) is 0.838. The van der Waals surface area contributed by atoms with E-state index in [4.69, 9.17) is 22.7 Å². The Balaban J connectivity index is 2.38. The number of hydrogen-bond acceptors (Lipinski definition) is 4. The van der Waals surface area contributed by atoms with Gasteiger partial charge in [-0.1, -0.05) is 12.2 Å². The van der Waals surface area contributed by atoms with E-state index in [1.54, 1.807) is 19.4 Å². The molecule has 3 N–H and O–H groups in total. The number of benzene rings is 1. The molecule has 1 aromatic heterocycles. The van der Waals surface area contributed by atoms with Gasteiger partial charge in [-0.2, -0.15) is 0 Å². The summed E-state index contributed by atoms with van der Waals surface area (Å²) in [6.45, 7) is 0. The third-order valence-electron chi connectivity index (χ3n) is 2.50. The van der Waals surface area contributed by atoms with Crippen LogP contribution in [0, 0.1) is 0 Å². The molecule has 4 nitrogen and oxygen atoms in total. The molecular weight excluding hydrogens is 326 g/mol. The van der Waals surface area contributed by atoms with Crippen LogP contribution in [-0.4, -0.2) is 17.1 Å². The smallest absolute Gasteiger partial charge is 0.140 e. The normalized spacial score (nSPS) is 10.0. The fraction of sp³-hybridized carbons (Fsp3) is 0.0769. The summed E-state index contributed by atoms with van der Waals surface area (Å²) in [7, 11) is 1.62. The molecule has 98 valence electrons. The van der Waals surface area contributed by atoms with E-state index < -0.39 is 0 Å². The molecule has 19 heavy (non-hydrogen) atoms. The van der Waals surface area contributed by atoms with Gasteiger partial charge in [0, 0.05) is 16.7 Å². The van der Waals surface area contributed by atoms with Crippen molar-refractivity contribution in [3.8, 4) is 5.75 Å². The molecule has 0 spiro atoms. The Labute approximate surface area is 125 Å². The van der Waals surface area contributed by atoms with Gasteiger partial charge in [0.1, 0.15) is 16.6 Å². The molecule has 0 aliphatic carbocycles. The van der Waals surface area contributed by atoms with Gasteiger partial charge >= 0.3 is 0 Å². The average molecular weight is 338 g/mol. The van der Waals surface area contributed by atoms with E-state index in [0.29, 0.717) is 16.4 Å². The van der Waals surface area contributed by atoms with Gasteiger partial charge in [-0.05, 0) is 40.2 Å². The first-order chi connectivity index (χ1) is 9.11. The van der Waals surface area contributed by atoms with E-state index in [9.17, 15) is 0 Å². The number of pyridine rings is 1. The standard InChI is InChI=1S/C13H12BrN3OS/c1-18-8-4-5-10(14)11(7-8)17-13-9(12(15)19)3-2-6-16-13/h2-7H,1H3,(H2,15,19)(H,16,17). The van der Waals surface area contributed by atoms with Gasteiger partial charge in [0.15, 0.2) is 0 Å². The number of rotatable bonds is 4. The van der Waals surface area contributed by atoms with Gasteiger partial charge in [0.2, 0.25) is 0 Å². The van der Waals surface area contributed by atoms with E-state index in [2.05, 4.69) is 26.2 Å². The second-order valence-corrected chi connectivity index (χ2v) is 5.03. The summed E-state index contributed by atoms with van der Waals surface area (Å²) < 4.78 is 6.09. The fourth-order valence-electron chi connectivity index (χ4n) is 1.56. The Hall–Kier alpha value is -1.66. The van der Waals surface area contributed by atoms with Crippen molar-refractivity contribution in [3.63, 3.8) is 0 Å². The molecule has 0 radical (unpaired) electrons. The highest BCUT2D eigenvalue weighted by molar-refractivity contribution is 9.10. The topological polar surface area (TPSA) is 60.2 Å². The molecule has 1 heterocycles. The predicted molar refractivity (Wildman–Crippen MR) is 84.1 cm³/mol. The first-order valence-corrected chi connectivity index (χ1v) is 6.67. The second-order valence-electron chi connectivity index (χ2n) is 3.73. The van der Waals surface area contributed by atoms with E-state index in [1.807, 2.05) is 24.3 Å². The molecule has 0 amide bonds. The lowest BCUT2D eigenvalue weighted by Crippen LogP contribution is -2.12. The second kappa shape index (κ2) is 5.99. The summed E-state index contributed by atoms with van der Waals surface area (Å²) >= 11 is 8.48. The molecule has 2 rings (SSSR count). The first-order valence-electron chi connectivity index (χ1n) is 5.47. The highest BCUT2D eigenvalue weighted by Gasteiger charge is 2.08. The summed E-state index contributed by atoms with van der Waals surface area (Å²) in [5.41, 5.74) is 7.21. The predicted octanol–water partition coefficient (Wildman–Crippen LogP) is 3.23. The van der Waals surface area contributed by atoms with Crippen molar-refractivity contribution in [2.24, 2.45) is 5.73 Å². The van der Waals surface area contributed by atoms with Crippen molar-refractivity contribution >= 4 is 44.6 Å². The first kappa shape index (κ1) is 13.8. The number of aromatic nitrogens is 1. The lowest BCUT2D eigenvalue weighted by atomic mass is 10.2. The SMILES string of the molecule is COc1ccc(Br)c(Nc2ncccc2C(N)=S)c1. The summed E-state index contributed by atoms with van der Waals surface area (Å²) in [6, 6.07) is 9.24. The Morgan fingerprint density at radius 2 is 2.21 bits per heavy atom. The molecule has 1 aromatic carbocycles. The molecule has 6 heteroatoms. The fourth-order valence-corrected chi connectivity index (χ4v) is 2.07. The maximum Gasteiger partial charge on any atom is 0.140 e. The van der Waals surface area contributed by atoms with Crippen molar-refractivity contribution in [2.45, 2.75) is 0 Å². The van der Waals surface area contributed by atoms with Crippen molar-refractivity contribution in [1.29, 1.82) is 0 Å². The zero-order valence-electron chi connectivity index (χ0n) is 10.2. The lowest BCUT2D eigenvalue weighted by molar-refractivity contribution is 0.415. The summed E-state index contributed by atoms with van der Waals surface area (Å²) in [5.74, 6) is 1.36. The number of thiocarbonyl (C=S) groups is 1. The molecule has 0 fully saturated rings.